The minimum atomic E-state index is -0.512. The van der Waals surface area contributed by atoms with E-state index < -0.39 is 5.78 Å². The van der Waals surface area contributed by atoms with E-state index in [0.29, 0.717) is 10.6 Å². The van der Waals surface area contributed by atoms with Gasteiger partial charge in [0.2, 0.25) is 0 Å². The van der Waals surface area contributed by atoms with Gasteiger partial charge in [0, 0.05) is 16.7 Å². The molecule has 0 amide bonds. The summed E-state index contributed by atoms with van der Waals surface area (Å²) >= 11 is 5.83. The topological polar surface area (TPSA) is 57.5 Å². The van der Waals surface area contributed by atoms with E-state index in [2.05, 4.69) is 20.8 Å². The second-order valence-corrected chi connectivity index (χ2v) is 6.82. The number of carbonyl (C=O) groups excluding carboxylic acids is 1. The van der Waals surface area contributed by atoms with E-state index in [1.54, 1.807) is 12.1 Å². The summed E-state index contributed by atoms with van der Waals surface area (Å²) in [5.41, 5.74) is 1.73. The van der Waals surface area contributed by atoms with E-state index in [9.17, 15) is 15.0 Å². The molecule has 2 rings (SSSR count). The summed E-state index contributed by atoms with van der Waals surface area (Å²) in [5.74, 6) is -0.844. The molecule has 4 heteroatoms. The predicted octanol–water partition coefficient (Wildman–Crippen LogP) is 5.12. The summed E-state index contributed by atoms with van der Waals surface area (Å²) in [6.07, 6.45) is 1.08. The van der Waals surface area contributed by atoms with Crippen LogP contribution in [0, 0.1) is 0 Å². The minimum Gasteiger partial charge on any atom is -0.507 e. The van der Waals surface area contributed by atoms with Crippen molar-refractivity contribution in [3.63, 3.8) is 0 Å². The maximum Gasteiger partial charge on any atom is 0.193 e. The summed E-state index contributed by atoms with van der Waals surface area (Å²) in [4.78, 5) is 12.2. The lowest BCUT2D eigenvalue weighted by Crippen LogP contribution is -2.10. The molecule has 0 fully saturated rings. The molecule has 0 heterocycles. The van der Waals surface area contributed by atoms with Gasteiger partial charge in [0.25, 0.3) is 0 Å². The molecule has 0 saturated heterocycles. The Hall–Kier alpha value is -2.26. The highest BCUT2D eigenvalue weighted by Crippen LogP contribution is 2.25. The summed E-state index contributed by atoms with van der Waals surface area (Å²) in [6.45, 7) is 6.30. The van der Waals surface area contributed by atoms with Crippen LogP contribution < -0.4 is 0 Å². The fraction of sp³-hybridized carbons (Fsp3) is 0.211. The number of phenols is 1. The Kier molecular flexibility index (Phi) is 4.81. The molecule has 120 valence electrons. The van der Waals surface area contributed by atoms with E-state index in [4.69, 9.17) is 11.6 Å². The van der Waals surface area contributed by atoms with Crippen LogP contribution in [0.5, 0.6) is 5.75 Å². The van der Waals surface area contributed by atoms with Crippen molar-refractivity contribution in [1.29, 1.82) is 0 Å². The average Bonchev–Trinajstić information content (AvgIpc) is 2.48. The molecule has 0 aromatic heterocycles. The standard InChI is InChI=1S/C19H19ClO3/c1-19(2,3)13-6-4-12(5-7-13)17(22)11-18(23)15-10-14(20)8-9-16(15)21/h4-11,21-22H,1-3H3/b17-11-. The second-order valence-electron chi connectivity index (χ2n) is 6.38. The van der Waals surface area contributed by atoms with Crippen LogP contribution in [0.25, 0.3) is 5.76 Å². The van der Waals surface area contributed by atoms with Crippen LogP contribution in [0.15, 0.2) is 48.5 Å². The van der Waals surface area contributed by atoms with E-state index in [-0.39, 0.29) is 22.5 Å². The van der Waals surface area contributed by atoms with Gasteiger partial charge in [0.1, 0.15) is 11.5 Å². The van der Waals surface area contributed by atoms with Gasteiger partial charge in [-0.15, -0.1) is 0 Å². The number of hydrogen-bond donors (Lipinski definition) is 2. The van der Waals surface area contributed by atoms with Crippen molar-refractivity contribution in [2.75, 3.05) is 0 Å². The van der Waals surface area contributed by atoms with E-state index in [1.807, 2.05) is 12.1 Å². The molecule has 0 bridgehead atoms. The van der Waals surface area contributed by atoms with Crippen molar-refractivity contribution in [3.05, 3.63) is 70.3 Å². The smallest absolute Gasteiger partial charge is 0.193 e. The number of aliphatic hydroxyl groups is 1. The first-order chi connectivity index (χ1) is 10.7. The zero-order valence-corrected chi connectivity index (χ0v) is 14.1. The number of rotatable bonds is 3. The van der Waals surface area contributed by atoms with Crippen LogP contribution in [0.3, 0.4) is 0 Å². The molecule has 0 unspecified atom stereocenters. The van der Waals surface area contributed by atoms with Crippen LogP contribution >= 0.6 is 11.6 Å². The summed E-state index contributed by atoms with van der Waals surface area (Å²) < 4.78 is 0. The van der Waals surface area contributed by atoms with Gasteiger partial charge in [-0.2, -0.15) is 0 Å². The van der Waals surface area contributed by atoms with Gasteiger partial charge < -0.3 is 10.2 Å². The Morgan fingerprint density at radius 3 is 2.26 bits per heavy atom. The summed E-state index contributed by atoms with van der Waals surface area (Å²) in [6, 6.07) is 11.6. The van der Waals surface area contributed by atoms with Gasteiger partial charge in [-0.3, -0.25) is 4.79 Å². The van der Waals surface area contributed by atoms with Crippen LogP contribution in [-0.2, 0) is 5.41 Å². The maximum absolute atomic E-state index is 12.2. The first kappa shape index (κ1) is 17.1. The van der Waals surface area contributed by atoms with E-state index >= 15 is 0 Å². The van der Waals surface area contributed by atoms with Gasteiger partial charge >= 0.3 is 0 Å². The van der Waals surface area contributed by atoms with Gasteiger partial charge in [-0.1, -0.05) is 56.6 Å². The summed E-state index contributed by atoms with van der Waals surface area (Å²) in [5, 5.41) is 20.2. The number of halogens is 1. The Morgan fingerprint density at radius 1 is 1.09 bits per heavy atom. The van der Waals surface area contributed by atoms with Crippen molar-refractivity contribution in [1.82, 2.24) is 0 Å². The second kappa shape index (κ2) is 6.47. The predicted molar refractivity (Wildman–Crippen MR) is 93.2 cm³/mol. The number of benzene rings is 2. The van der Waals surface area contributed by atoms with Gasteiger partial charge in [-0.25, -0.2) is 0 Å². The molecule has 0 radical (unpaired) electrons. The third kappa shape index (κ3) is 4.14. The molecule has 2 aromatic carbocycles. The van der Waals surface area contributed by atoms with E-state index in [1.165, 1.54) is 18.2 Å². The van der Waals surface area contributed by atoms with Crippen LogP contribution in [0.4, 0.5) is 0 Å². The molecule has 0 spiro atoms. The number of allylic oxidation sites excluding steroid dienone is 1. The first-order valence-electron chi connectivity index (χ1n) is 7.23. The van der Waals surface area contributed by atoms with Gasteiger partial charge in [0.05, 0.1) is 5.56 Å². The number of carbonyl (C=O) groups is 1. The number of aromatic hydroxyl groups is 1. The molecule has 23 heavy (non-hydrogen) atoms. The third-order valence-electron chi connectivity index (χ3n) is 3.54. The molecular formula is C19H19ClO3. The molecule has 0 aliphatic heterocycles. The minimum absolute atomic E-state index is 0.0141. The number of phenolic OH excluding ortho intramolecular Hbond substituents is 1. The highest BCUT2D eigenvalue weighted by molar-refractivity contribution is 6.31. The lowest BCUT2D eigenvalue weighted by atomic mass is 9.86. The molecule has 2 aromatic rings. The van der Waals surface area contributed by atoms with Crippen molar-refractivity contribution < 1.29 is 15.0 Å². The molecule has 2 N–H and O–H groups in total. The third-order valence-corrected chi connectivity index (χ3v) is 3.77. The van der Waals surface area contributed by atoms with Crippen LogP contribution in [0.1, 0.15) is 42.3 Å². The number of aliphatic hydroxyl groups excluding tert-OH is 1. The fourth-order valence-corrected chi connectivity index (χ4v) is 2.30. The van der Waals surface area contributed by atoms with Crippen LogP contribution in [0.2, 0.25) is 5.02 Å². The average molecular weight is 331 g/mol. The van der Waals surface area contributed by atoms with Crippen molar-refractivity contribution in [3.8, 4) is 5.75 Å². The zero-order chi connectivity index (χ0) is 17.2. The van der Waals surface area contributed by atoms with Crippen LogP contribution in [-0.4, -0.2) is 16.0 Å². The zero-order valence-electron chi connectivity index (χ0n) is 13.3. The van der Waals surface area contributed by atoms with Crippen molar-refractivity contribution in [2.45, 2.75) is 26.2 Å². The Labute approximate surface area is 140 Å². The maximum atomic E-state index is 12.2. The highest BCUT2D eigenvalue weighted by Gasteiger charge is 2.14. The quantitative estimate of drug-likeness (QED) is 0.466. The monoisotopic (exact) mass is 330 g/mol. The lowest BCUT2D eigenvalue weighted by molar-refractivity contribution is 0.104. The Morgan fingerprint density at radius 2 is 1.70 bits per heavy atom. The SMILES string of the molecule is CC(C)(C)c1ccc(/C(O)=C/C(=O)c2cc(Cl)ccc2O)cc1. The first-order valence-corrected chi connectivity index (χ1v) is 7.61. The van der Waals surface area contributed by atoms with Gasteiger partial charge in [-0.05, 0) is 29.2 Å². The Bertz CT molecular complexity index is 753. The molecule has 0 atom stereocenters. The highest BCUT2D eigenvalue weighted by atomic mass is 35.5. The molecule has 0 saturated carbocycles. The molecule has 0 aliphatic rings. The molecule has 3 nitrogen and oxygen atoms in total. The molecular weight excluding hydrogens is 312 g/mol. The molecule has 0 aliphatic carbocycles. The number of hydrogen-bond acceptors (Lipinski definition) is 3. The largest absolute Gasteiger partial charge is 0.507 e. The lowest BCUT2D eigenvalue weighted by Gasteiger charge is -2.19. The van der Waals surface area contributed by atoms with Crippen molar-refractivity contribution in [2.24, 2.45) is 0 Å². The Balaban J connectivity index is 2.28. The van der Waals surface area contributed by atoms with Crippen molar-refractivity contribution >= 4 is 23.1 Å². The number of ketones is 1. The fourth-order valence-electron chi connectivity index (χ4n) is 2.13. The normalized spacial score (nSPS) is 12.3. The summed E-state index contributed by atoms with van der Waals surface area (Å²) in [7, 11) is 0. The van der Waals surface area contributed by atoms with Gasteiger partial charge in [0.15, 0.2) is 5.78 Å². The van der Waals surface area contributed by atoms with E-state index in [0.717, 1.165) is 11.6 Å².